The second-order valence-electron chi connectivity index (χ2n) is 13.6. The fourth-order valence-electron chi connectivity index (χ4n) is 8.30. The van der Waals surface area contributed by atoms with Crippen LogP contribution in [0.15, 0.2) is 188 Å². The van der Waals surface area contributed by atoms with Crippen LogP contribution < -0.4 is 10.1 Å². The van der Waals surface area contributed by atoms with Gasteiger partial charge in [0, 0.05) is 28.1 Å². The van der Waals surface area contributed by atoms with Crippen LogP contribution in [-0.2, 0) is 5.41 Å². The van der Waals surface area contributed by atoms with Crippen molar-refractivity contribution < 1.29 is 10.1 Å². The molecule has 2 aliphatic rings. The Kier molecular flexibility index (Phi) is 8.67. The molecular weight excluding hydrogens is 668 g/mol. The largest absolute Gasteiger partial charge is 1.00 e. The molecule has 0 saturated heterocycles. The maximum Gasteiger partial charge on any atom is 0.202 e. The average molecular weight is 700 g/mol. The molecule has 0 aliphatic heterocycles. The molecule has 0 unspecified atom stereocenters. The number of pyridine rings is 1. The van der Waals surface area contributed by atoms with Crippen molar-refractivity contribution >= 4 is 29.8 Å². The number of benzene rings is 7. The van der Waals surface area contributed by atoms with Crippen molar-refractivity contribution in [3.05, 3.63) is 210 Å². The van der Waals surface area contributed by atoms with Crippen LogP contribution in [0.1, 0.15) is 22.3 Å². The van der Waals surface area contributed by atoms with Gasteiger partial charge in [0.15, 0.2) is 23.7 Å². The van der Waals surface area contributed by atoms with E-state index in [1.54, 1.807) is 18.3 Å². The van der Waals surface area contributed by atoms with Gasteiger partial charge >= 0.3 is 0 Å². The molecule has 55 heavy (non-hydrogen) atoms. The third kappa shape index (κ3) is 5.56. The molecule has 0 fully saturated rings. The van der Waals surface area contributed by atoms with Gasteiger partial charge in [-0.15, -0.1) is 0 Å². The fraction of sp³-hybridized carbons (Fsp3) is 0.0204. The molecule has 7 aromatic carbocycles. The molecule has 0 atom stereocenters. The van der Waals surface area contributed by atoms with Crippen molar-refractivity contribution in [1.82, 2.24) is 15.0 Å². The van der Waals surface area contributed by atoms with E-state index in [1.165, 1.54) is 44.5 Å². The Hall–Kier alpha value is -6.64. The molecule has 11 rings (SSSR count). The van der Waals surface area contributed by atoms with E-state index in [-0.39, 0.29) is 30.0 Å². The zero-order chi connectivity index (χ0) is 36.1. The Morgan fingerprint density at radius 2 is 0.855 bits per heavy atom. The minimum absolute atomic E-state index is 0. The molecule has 9 aromatic rings. The third-order valence-electron chi connectivity index (χ3n) is 10.6. The predicted molar refractivity (Wildman–Crippen MR) is 218 cm³/mol. The topological polar surface area (TPSA) is 75.9 Å². The molecule has 0 saturated carbocycles. The van der Waals surface area contributed by atoms with Crippen LogP contribution in [0.4, 0.5) is 0 Å². The Morgan fingerprint density at radius 3 is 1.40 bits per heavy atom. The molecular formula is C49H32LiN4O-. The zero-order valence-electron chi connectivity index (χ0n) is 30.1. The van der Waals surface area contributed by atoms with E-state index < -0.39 is 0 Å². The molecule has 2 radical (unpaired) electrons. The van der Waals surface area contributed by atoms with E-state index in [9.17, 15) is 5.11 Å². The van der Waals surface area contributed by atoms with Crippen LogP contribution >= 0.6 is 0 Å². The van der Waals surface area contributed by atoms with Gasteiger partial charge in [0.1, 0.15) is 0 Å². The Labute approximate surface area is 331 Å². The molecule has 1 spiro atoms. The number of rotatable bonds is 3. The number of nitrogens with one attached hydrogen (secondary N) is 1. The van der Waals surface area contributed by atoms with Crippen LogP contribution in [0.5, 0.6) is 5.75 Å². The summed E-state index contributed by atoms with van der Waals surface area (Å²) in [5.74, 6) is 2.05. The standard InChI is InChI=1S/C40H25N3.C9H7NO.Li/c1-3-13-26(14-4-1)37-41-38(27-15-5-2-6-16-27)43-39(42-37)28-23-24-36-32(25-28)31-19-9-12-22-35(31)40(36)33-20-10-7-17-29(33)30-18-8-11-21-34(30)40;11-8-5-1-3-7-4-2-6-10-9(7)8;/h1-25H;1-6,11H;/q;;-1. The fourth-order valence-corrected chi connectivity index (χ4v) is 8.30. The smallest absolute Gasteiger partial charge is 0.202 e. The first-order chi connectivity index (χ1) is 26.7. The van der Waals surface area contributed by atoms with Gasteiger partial charge in [0.25, 0.3) is 0 Å². The summed E-state index contributed by atoms with van der Waals surface area (Å²) < 4.78 is 0. The molecule has 5 nitrogen and oxygen atoms in total. The summed E-state index contributed by atoms with van der Waals surface area (Å²) in [6, 6.07) is 62.7. The molecule has 256 valence electrons. The summed E-state index contributed by atoms with van der Waals surface area (Å²) in [5, 5.41) is 12.1. The van der Waals surface area contributed by atoms with Crippen molar-refractivity contribution in [2.45, 2.75) is 5.41 Å². The van der Waals surface area contributed by atoms with E-state index in [1.807, 2.05) is 78.9 Å². The maximum atomic E-state index is 11.1. The number of aromatic amines is 1. The number of hydrogen-bond donors (Lipinski definition) is 0. The van der Waals surface area contributed by atoms with Crippen molar-refractivity contribution in [2.24, 2.45) is 0 Å². The Bertz CT molecular complexity index is 2750. The van der Waals surface area contributed by atoms with Crippen molar-refractivity contribution in [3.8, 4) is 62.2 Å². The van der Waals surface area contributed by atoms with E-state index in [0.29, 0.717) is 23.0 Å². The Morgan fingerprint density at radius 1 is 0.400 bits per heavy atom. The van der Waals surface area contributed by atoms with E-state index >= 15 is 0 Å². The minimum Gasteiger partial charge on any atom is -1.00 e. The maximum absolute atomic E-state index is 11.1. The van der Waals surface area contributed by atoms with Crippen LogP contribution in [0.2, 0.25) is 0 Å². The number of para-hydroxylation sites is 1. The first kappa shape index (κ1) is 34.1. The van der Waals surface area contributed by atoms with Gasteiger partial charge in [-0.2, -0.15) is 0 Å². The second-order valence-corrected chi connectivity index (χ2v) is 13.6. The van der Waals surface area contributed by atoms with Crippen LogP contribution in [0.3, 0.4) is 0 Å². The van der Waals surface area contributed by atoms with Crippen LogP contribution in [-0.4, -0.2) is 33.8 Å². The monoisotopic (exact) mass is 699 g/mol. The summed E-state index contributed by atoms with van der Waals surface area (Å²) >= 11 is 0. The summed E-state index contributed by atoms with van der Waals surface area (Å²) in [6.45, 7) is 0. The summed E-state index contributed by atoms with van der Waals surface area (Å²) in [6.07, 6.45) is 1.75. The predicted octanol–water partition coefficient (Wildman–Crippen LogP) is 9.56. The van der Waals surface area contributed by atoms with Gasteiger partial charge in [0.2, 0.25) is 5.52 Å². The molecule has 6 heteroatoms. The van der Waals surface area contributed by atoms with Gasteiger partial charge in [-0.1, -0.05) is 158 Å². The van der Waals surface area contributed by atoms with E-state index in [0.717, 1.165) is 22.1 Å². The van der Waals surface area contributed by atoms with Gasteiger partial charge in [-0.25, -0.2) is 19.9 Å². The van der Waals surface area contributed by atoms with Crippen molar-refractivity contribution in [3.63, 3.8) is 0 Å². The van der Waals surface area contributed by atoms with Crippen molar-refractivity contribution in [1.29, 1.82) is 0 Å². The summed E-state index contributed by atoms with van der Waals surface area (Å²) in [5.41, 5.74) is 13.6. The first-order valence-corrected chi connectivity index (χ1v) is 18.1. The Balaban J connectivity index is 0.000000285. The minimum atomic E-state index is -0.360. The van der Waals surface area contributed by atoms with Crippen molar-refractivity contribution in [2.75, 3.05) is 0 Å². The first-order valence-electron chi connectivity index (χ1n) is 18.1. The van der Waals surface area contributed by atoms with Crippen LogP contribution in [0, 0.1) is 0 Å². The quantitative estimate of drug-likeness (QED) is 0.172. The van der Waals surface area contributed by atoms with Gasteiger partial charge in [-0.3, -0.25) is 0 Å². The number of fused-ring (bicyclic) bond motifs is 11. The number of hydrogen-bond acceptors (Lipinski definition) is 4. The van der Waals surface area contributed by atoms with Gasteiger partial charge in [0.05, 0.1) is 5.41 Å². The van der Waals surface area contributed by atoms with Gasteiger partial charge in [-0.05, 0) is 68.5 Å². The molecule has 0 amide bonds. The molecule has 0 bridgehead atoms. The number of H-pyrrole nitrogens is 1. The normalized spacial score (nSPS) is 12.4. The second kappa shape index (κ2) is 14.0. The molecule has 2 aliphatic carbocycles. The number of nitrogens with zero attached hydrogens (tertiary/aromatic N) is 3. The average Bonchev–Trinajstić information content (AvgIpc) is 3.72. The van der Waals surface area contributed by atoms with E-state index in [2.05, 4.69) is 96.0 Å². The molecule has 2 aromatic heterocycles. The van der Waals surface area contributed by atoms with Crippen LogP contribution in [0.25, 0.3) is 67.3 Å². The van der Waals surface area contributed by atoms with Gasteiger partial charge < -0.3 is 24.0 Å². The molecule has 1 N–H and O–H groups in total. The molecule has 2 heterocycles. The number of aromatic nitrogens is 4. The summed E-state index contributed by atoms with van der Waals surface area (Å²) in [7, 11) is 0. The van der Waals surface area contributed by atoms with E-state index in [4.69, 9.17) is 15.0 Å². The third-order valence-corrected chi connectivity index (χ3v) is 10.6. The zero-order valence-corrected chi connectivity index (χ0v) is 30.1. The summed E-state index contributed by atoms with van der Waals surface area (Å²) in [4.78, 5) is 17.8. The SMILES string of the molecule is [Li-].[O-]c1cccc2ccc[nH+]c12.c1ccc(-c2nc(-c3ccccc3)nc(-c3ccc4c(c3)-c3ccccc3C43c4ccccc4-c4ccccc43)n2)cc1.